The zero-order chi connectivity index (χ0) is 18.6. The van der Waals surface area contributed by atoms with Crippen LogP contribution >= 0.6 is 0 Å². The van der Waals surface area contributed by atoms with Gasteiger partial charge in [0, 0.05) is 18.8 Å². The average molecular weight is 344 g/mol. The highest BCUT2D eigenvalue weighted by Crippen LogP contribution is 2.41. The molecule has 0 radical (unpaired) electrons. The highest BCUT2D eigenvalue weighted by molar-refractivity contribution is 5.99. The lowest BCUT2D eigenvalue weighted by molar-refractivity contribution is -0.134. The fraction of sp³-hybridized carbons (Fsp3) is 0.619. The monoisotopic (exact) mass is 344 g/mol. The summed E-state index contributed by atoms with van der Waals surface area (Å²) in [5, 5.41) is 2.96. The van der Waals surface area contributed by atoms with Crippen LogP contribution in [0.25, 0.3) is 0 Å². The fourth-order valence-corrected chi connectivity index (χ4v) is 3.15. The molecule has 0 aromatic heterocycles. The van der Waals surface area contributed by atoms with Crippen molar-refractivity contribution in [2.75, 3.05) is 18.4 Å². The molecule has 1 aliphatic carbocycles. The first-order valence-corrected chi connectivity index (χ1v) is 9.48. The molecule has 1 aromatic carbocycles. The van der Waals surface area contributed by atoms with E-state index in [2.05, 4.69) is 52.1 Å². The van der Waals surface area contributed by atoms with Gasteiger partial charge in [-0.25, -0.2) is 0 Å². The van der Waals surface area contributed by atoms with E-state index in [1.54, 1.807) is 0 Å². The van der Waals surface area contributed by atoms with Gasteiger partial charge >= 0.3 is 0 Å². The molecule has 4 heteroatoms. The highest BCUT2D eigenvalue weighted by Gasteiger charge is 2.49. The number of nitrogens with zero attached hydrogens (tertiary/aromatic N) is 1. The molecule has 2 rings (SSSR count). The van der Waals surface area contributed by atoms with Gasteiger partial charge in [-0.2, -0.15) is 0 Å². The molecule has 0 bridgehead atoms. The van der Waals surface area contributed by atoms with Crippen molar-refractivity contribution in [2.24, 2.45) is 11.8 Å². The second-order valence-corrected chi connectivity index (χ2v) is 8.09. The van der Waals surface area contributed by atoms with E-state index in [0.29, 0.717) is 6.42 Å². The number of benzene rings is 1. The van der Waals surface area contributed by atoms with Crippen LogP contribution in [0.3, 0.4) is 0 Å². The van der Waals surface area contributed by atoms with Crippen molar-refractivity contribution in [1.82, 2.24) is 4.90 Å². The maximum absolute atomic E-state index is 12.6. The molecule has 0 aliphatic heterocycles. The van der Waals surface area contributed by atoms with Crippen molar-refractivity contribution in [2.45, 2.75) is 59.3 Å². The molecule has 1 aliphatic rings. The molecule has 138 valence electrons. The number of anilines is 1. The smallest absolute Gasteiger partial charge is 0.228 e. The Morgan fingerprint density at radius 2 is 1.60 bits per heavy atom. The van der Waals surface area contributed by atoms with Gasteiger partial charge in [-0.15, -0.1) is 0 Å². The topological polar surface area (TPSA) is 49.4 Å². The Hall–Kier alpha value is -1.84. The number of amides is 2. The van der Waals surface area contributed by atoms with Crippen molar-refractivity contribution < 1.29 is 9.59 Å². The quantitative estimate of drug-likeness (QED) is 0.805. The molecule has 1 fully saturated rings. The van der Waals surface area contributed by atoms with Crippen molar-refractivity contribution >= 4 is 17.5 Å². The summed E-state index contributed by atoms with van der Waals surface area (Å²) in [6.07, 6.45) is 2.58. The summed E-state index contributed by atoms with van der Waals surface area (Å²) in [6.45, 7) is 12.2. The Morgan fingerprint density at radius 3 is 2.08 bits per heavy atom. The number of hydrogen-bond acceptors (Lipinski definition) is 2. The van der Waals surface area contributed by atoms with Crippen LogP contribution in [-0.4, -0.2) is 29.8 Å². The highest BCUT2D eigenvalue weighted by atomic mass is 16.2. The van der Waals surface area contributed by atoms with Gasteiger partial charge in [0.2, 0.25) is 11.8 Å². The summed E-state index contributed by atoms with van der Waals surface area (Å²) < 4.78 is 0. The molecule has 2 amide bonds. The number of carbonyl (C=O) groups excluding carboxylic acids is 2. The third-order valence-electron chi connectivity index (χ3n) is 4.76. The summed E-state index contributed by atoms with van der Waals surface area (Å²) in [5.41, 5.74) is 2.13. The average Bonchev–Trinajstić information content (AvgIpc) is 3.34. The Morgan fingerprint density at radius 1 is 1.04 bits per heavy atom. The second kappa shape index (κ2) is 8.03. The number of rotatable bonds is 7. The lowest BCUT2D eigenvalue weighted by atomic mass is 9.87. The van der Waals surface area contributed by atoms with Crippen molar-refractivity contribution in [3.05, 3.63) is 29.8 Å². The van der Waals surface area contributed by atoms with E-state index in [0.717, 1.165) is 31.6 Å². The van der Waals surface area contributed by atoms with E-state index in [1.807, 2.05) is 17.0 Å². The van der Waals surface area contributed by atoms with Gasteiger partial charge in [-0.1, -0.05) is 46.8 Å². The Labute approximate surface area is 152 Å². The molecule has 0 spiro atoms. The molecular formula is C21H32N2O2. The standard InChI is InChI=1S/C21H32N2O2/c1-6-12-23(13-7-2)20(25)18-14-17(18)19(24)22-16-10-8-15(9-11-16)21(3,4)5/h8-11,17-18H,6-7,12-14H2,1-5H3,(H,22,24). The number of hydrogen-bond donors (Lipinski definition) is 1. The van der Waals surface area contributed by atoms with Crippen LogP contribution in [0, 0.1) is 11.8 Å². The molecule has 2 unspecified atom stereocenters. The molecule has 4 nitrogen and oxygen atoms in total. The van der Waals surface area contributed by atoms with E-state index in [4.69, 9.17) is 0 Å². The van der Waals surface area contributed by atoms with Crippen LogP contribution in [0.2, 0.25) is 0 Å². The largest absolute Gasteiger partial charge is 0.342 e. The van der Waals surface area contributed by atoms with Crippen LogP contribution in [0.5, 0.6) is 0 Å². The predicted molar refractivity (Wildman–Crippen MR) is 103 cm³/mol. The molecular weight excluding hydrogens is 312 g/mol. The molecule has 2 atom stereocenters. The van der Waals surface area contributed by atoms with Crippen LogP contribution in [0.15, 0.2) is 24.3 Å². The van der Waals surface area contributed by atoms with E-state index in [1.165, 1.54) is 5.56 Å². The zero-order valence-corrected chi connectivity index (χ0v) is 16.3. The molecule has 0 saturated heterocycles. The Kier molecular flexibility index (Phi) is 6.26. The maximum Gasteiger partial charge on any atom is 0.228 e. The molecule has 1 saturated carbocycles. The van der Waals surface area contributed by atoms with Gasteiger partial charge in [0.25, 0.3) is 0 Å². The third kappa shape index (κ3) is 5.07. The molecule has 1 aromatic rings. The number of nitrogens with one attached hydrogen (secondary N) is 1. The summed E-state index contributed by atoms with van der Waals surface area (Å²) in [7, 11) is 0. The Bertz CT molecular complexity index is 595. The van der Waals surface area contributed by atoms with Crippen LogP contribution in [-0.2, 0) is 15.0 Å². The summed E-state index contributed by atoms with van der Waals surface area (Å²) in [5.74, 6) is -0.195. The van der Waals surface area contributed by atoms with Gasteiger partial charge in [-0.05, 0) is 42.4 Å². The Balaban J connectivity index is 1.91. The van der Waals surface area contributed by atoms with Crippen LogP contribution < -0.4 is 5.32 Å². The van der Waals surface area contributed by atoms with Gasteiger partial charge in [0.15, 0.2) is 0 Å². The van der Waals surface area contributed by atoms with Gasteiger partial charge < -0.3 is 10.2 Å². The minimum atomic E-state index is -0.175. The van der Waals surface area contributed by atoms with E-state index in [9.17, 15) is 9.59 Å². The first-order chi connectivity index (χ1) is 11.8. The lowest BCUT2D eigenvalue weighted by Gasteiger charge is -2.21. The SMILES string of the molecule is CCCN(CCC)C(=O)C1CC1C(=O)Nc1ccc(C(C)(C)C)cc1. The molecule has 25 heavy (non-hydrogen) atoms. The predicted octanol–water partition coefficient (Wildman–Crippen LogP) is 4.21. The van der Waals surface area contributed by atoms with E-state index in [-0.39, 0.29) is 29.1 Å². The third-order valence-corrected chi connectivity index (χ3v) is 4.76. The molecule has 0 heterocycles. The first kappa shape index (κ1) is 19.5. The second-order valence-electron chi connectivity index (χ2n) is 8.09. The lowest BCUT2D eigenvalue weighted by Crippen LogP contribution is -2.34. The molecule has 1 N–H and O–H groups in total. The van der Waals surface area contributed by atoms with Crippen LogP contribution in [0.4, 0.5) is 5.69 Å². The van der Waals surface area contributed by atoms with E-state index >= 15 is 0 Å². The summed E-state index contributed by atoms with van der Waals surface area (Å²) in [6, 6.07) is 7.99. The fourth-order valence-electron chi connectivity index (χ4n) is 3.15. The van der Waals surface area contributed by atoms with Crippen LogP contribution in [0.1, 0.15) is 59.4 Å². The summed E-state index contributed by atoms with van der Waals surface area (Å²) in [4.78, 5) is 26.9. The normalized spacial score (nSPS) is 19.4. The first-order valence-electron chi connectivity index (χ1n) is 9.48. The van der Waals surface area contributed by atoms with Crippen molar-refractivity contribution in [3.63, 3.8) is 0 Å². The maximum atomic E-state index is 12.6. The van der Waals surface area contributed by atoms with Gasteiger partial charge in [0.05, 0.1) is 11.8 Å². The van der Waals surface area contributed by atoms with Gasteiger partial charge in [-0.3, -0.25) is 9.59 Å². The van der Waals surface area contributed by atoms with Crippen molar-refractivity contribution in [1.29, 1.82) is 0 Å². The zero-order valence-electron chi connectivity index (χ0n) is 16.3. The minimum Gasteiger partial charge on any atom is -0.342 e. The number of carbonyl (C=O) groups is 2. The minimum absolute atomic E-state index is 0.0326. The van der Waals surface area contributed by atoms with Gasteiger partial charge in [0.1, 0.15) is 0 Å². The summed E-state index contributed by atoms with van der Waals surface area (Å²) >= 11 is 0. The van der Waals surface area contributed by atoms with Crippen molar-refractivity contribution in [3.8, 4) is 0 Å². The van der Waals surface area contributed by atoms with E-state index < -0.39 is 0 Å².